The van der Waals surface area contributed by atoms with Crippen molar-refractivity contribution < 1.29 is 4.74 Å². The summed E-state index contributed by atoms with van der Waals surface area (Å²) in [7, 11) is 1.71. The van der Waals surface area contributed by atoms with Crippen molar-refractivity contribution in [3.63, 3.8) is 0 Å². The van der Waals surface area contributed by atoms with Crippen molar-refractivity contribution >= 4 is 21.8 Å². The van der Waals surface area contributed by atoms with Crippen LogP contribution in [0.15, 0.2) is 66.7 Å². The van der Waals surface area contributed by atoms with Crippen LogP contribution in [-0.4, -0.2) is 12.1 Å². The third-order valence-electron chi connectivity index (χ3n) is 4.23. The van der Waals surface area contributed by atoms with Gasteiger partial charge >= 0.3 is 0 Å². The third kappa shape index (κ3) is 2.23. The van der Waals surface area contributed by atoms with Gasteiger partial charge in [0, 0.05) is 10.9 Å². The van der Waals surface area contributed by atoms with E-state index >= 15 is 0 Å². The molecule has 0 saturated heterocycles. The van der Waals surface area contributed by atoms with E-state index in [2.05, 4.69) is 49.4 Å². The van der Waals surface area contributed by atoms with Crippen LogP contribution in [-0.2, 0) is 0 Å². The number of para-hydroxylation sites is 1. The molecule has 2 heteroatoms. The smallest absolute Gasteiger partial charge is 0.128 e. The third-order valence-corrected chi connectivity index (χ3v) is 4.23. The fourth-order valence-corrected chi connectivity index (χ4v) is 3.10. The largest absolute Gasteiger partial charge is 0.496 e. The number of fused-ring (bicyclic) bond motifs is 2. The van der Waals surface area contributed by atoms with Gasteiger partial charge in [0.25, 0.3) is 0 Å². The monoisotopic (exact) mass is 299 g/mol. The van der Waals surface area contributed by atoms with E-state index < -0.39 is 0 Å². The second-order valence-electron chi connectivity index (χ2n) is 5.72. The summed E-state index contributed by atoms with van der Waals surface area (Å²) in [6.45, 7) is 2.10. The van der Waals surface area contributed by atoms with Crippen LogP contribution in [0.4, 0.5) is 0 Å². The molecule has 2 nitrogen and oxygen atoms in total. The molecule has 0 amide bonds. The van der Waals surface area contributed by atoms with Gasteiger partial charge in [-0.25, -0.2) is 4.98 Å². The Morgan fingerprint density at radius 2 is 1.52 bits per heavy atom. The Morgan fingerprint density at radius 3 is 2.30 bits per heavy atom. The van der Waals surface area contributed by atoms with Crippen LogP contribution in [0.2, 0.25) is 0 Å². The fraction of sp³-hybridized carbons (Fsp3) is 0.0952. The molecule has 0 fully saturated rings. The average molecular weight is 299 g/mol. The number of aryl methyl sites for hydroxylation is 1. The van der Waals surface area contributed by atoms with Crippen LogP contribution in [0.5, 0.6) is 5.75 Å². The quantitative estimate of drug-likeness (QED) is 0.464. The van der Waals surface area contributed by atoms with E-state index in [0.717, 1.165) is 27.6 Å². The van der Waals surface area contributed by atoms with E-state index in [4.69, 9.17) is 9.72 Å². The van der Waals surface area contributed by atoms with E-state index in [1.807, 2.05) is 24.3 Å². The first-order valence-electron chi connectivity index (χ1n) is 7.70. The lowest BCUT2D eigenvalue weighted by molar-refractivity contribution is 0.420. The molecule has 4 aromatic rings. The molecule has 23 heavy (non-hydrogen) atoms. The minimum Gasteiger partial charge on any atom is -0.496 e. The highest BCUT2D eigenvalue weighted by molar-refractivity contribution is 6.11. The van der Waals surface area contributed by atoms with Gasteiger partial charge in [0.15, 0.2) is 0 Å². The van der Waals surface area contributed by atoms with Crippen LogP contribution < -0.4 is 4.74 Å². The topological polar surface area (TPSA) is 22.1 Å². The number of benzene rings is 3. The summed E-state index contributed by atoms with van der Waals surface area (Å²) in [6.07, 6.45) is 0. The number of methoxy groups -OCH3 is 1. The first kappa shape index (κ1) is 13.8. The van der Waals surface area contributed by atoms with E-state index in [1.165, 1.54) is 16.7 Å². The molecule has 3 aromatic carbocycles. The molecular weight excluding hydrogens is 282 g/mol. The minimum absolute atomic E-state index is 0.858. The normalized spacial score (nSPS) is 11.0. The van der Waals surface area contributed by atoms with Crippen molar-refractivity contribution in [1.82, 2.24) is 4.98 Å². The van der Waals surface area contributed by atoms with E-state index in [-0.39, 0.29) is 0 Å². The fourth-order valence-electron chi connectivity index (χ4n) is 3.10. The summed E-state index contributed by atoms with van der Waals surface area (Å²) in [4.78, 5) is 4.81. The number of nitrogens with zero attached hydrogens (tertiary/aromatic N) is 1. The lowest BCUT2D eigenvalue weighted by atomic mass is 9.95. The Morgan fingerprint density at radius 1 is 0.783 bits per heavy atom. The predicted molar refractivity (Wildman–Crippen MR) is 96.0 cm³/mol. The lowest BCUT2D eigenvalue weighted by Crippen LogP contribution is -1.92. The summed E-state index contributed by atoms with van der Waals surface area (Å²) in [5.74, 6) is 0.858. The maximum Gasteiger partial charge on any atom is 0.128 e. The van der Waals surface area contributed by atoms with Crippen molar-refractivity contribution in [2.75, 3.05) is 7.11 Å². The Bertz CT molecular complexity index is 1000. The SMILES string of the molecule is COc1cccc2nc3ccccc3c(-c3ccc(C)cc3)c12. The zero-order valence-electron chi connectivity index (χ0n) is 13.2. The Kier molecular flexibility index (Phi) is 3.23. The summed E-state index contributed by atoms with van der Waals surface area (Å²) in [5.41, 5.74) is 5.58. The Labute approximate surface area is 135 Å². The summed E-state index contributed by atoms with van der Waals surface area (Å²) in [6, 6.07) is 22.9. The Hall–Kier alpha value is -2.87. The maximum atomic E-state index is 5.62. The van der Waals surface area contributed by atoms with Gasteiger partial charge < -0.3 is 4.74 Å². The average Bonchev–Trinajstić information content (AvgIpc) is 2.60. The molecule has 1 heterocycles. The minimum atomic E-state index is 0.858. The molecule has 0 aliphatic rings. The first-order chi connectivity index (χ1) is 11.3. The highest BCUT2D eigenvalue weighted by Gasteiger charge is 2.14. The van der Waals surface area contributed by atoms with Gasteiger partial charge in [-0.3, -0.25) is 0 Å². The molecule has 0 aliphatic heterocycles. The van der Waals surface area contributed by atoms with Crippen LogP contribution >= 0.6 is 0 Å². The van der Waals surface area contributed by atoms with E-state index in [1.54, 1.807) is 7.11 Å². The number of aromatic nitrogens is 1. The Balaban J connectivity index is 2.21. The molecule has 0 N–H and O–H groups in total. The van der Waals surface area contributed by atoms with Crippen molar-refractivity contribution in [3.05, 3.63) is 72.3 Å². The number of rotatable bonds is 2. The van der Waals surface area contributed by atoms with Crippen LogP contribution in [0, 0.1) is 6.92 Å². The van der Waals surface area contributed by atoms with Crippen molar-refractivity contribution in [1.29, 1.82) is 0 Å². The van der Waals surface area contributed by atoms with E-state index in [9.17, 15) is 0 Å². The number of ether oxygens (including phenoxy) is 1. The highest BCUT2D eigenvalue weighted by atomic mass is 16.5. The molecule has 4 rings (SSSR count). The summed E-state index contributed by atoms with van der Waals surface area (Å²) >= 11 is 0. The molecule has 1 aromatic heterocycles. The van der Waals surface area contributed by atoms with Crippen molar-refractivity contribution in [2.45, 2.75) is 6.92 Å². The van der Waals surface area contributed by atoms with Crippen molar-refractivity contribution in [2.24, 2.45) is 0 Å². The van der Waals surface area contributed by atoms with Gasteiger partial charge in [-0.1, -0.05) is 54.1 Å². The van der Waals surface area contributed by atoms with Gasteiger partial charge in [0.05, 0.1) is 23.5 Å². The highest BCUT2D eigenvalue weighted by Crippen LogP contribution is 2.39. The van der Waals surface area contributed by atoms with Crippen LogP contribution in [0.1, 0.15) is 5.56 Å². The van der Waals surface area contributed by atoms with Gasteiger partial charge in [-0.2, -0.15) is 0 Å². The summed E-state index contributed by atoms with van der Waals surface area (Å²) in [5, 5.41) is 2.21. The van der Waals surface area contributed by atoms with Crippen LogP contribution in [0.25, 0.3) is 32.9 Å². The van der Waals surface area contributed by atoms with E-state index in [0.29, 0.717) is 0 Å². The lowest BCUT2D eigenvalue weighted by Gasteiger charge is -2.14. The zero-order chi connectivity index (χ0) is 15.8. The maximum absolute atomic E-state index is 5.62. The number of hydrogen-bond donors (Lipinski definition) is 0. The second kappa shape index (κ2) is 5.40. The first-order valence-corrected chi connectivity index (χ1v) is 7.70. The molecule has 0 radical (unpaired) electrons. The van der Waals surface area contributed by atoms with Crippen molar-refractivity contribution in [3.8, 4) is 16.9 Å². The number of hydrogen-bond acceptors (Lipinski definition) is 2. The second-order valence-corrected chi connectivity index (χ2v) is 5.72. The molecule has 0 aliphatic carbocycles. The van der Waals surface area contributed by atoms with Gasteiger partial charge in [0.1, 0.15) is 5.75 Å². The molecule has 0 bridgehead atoms. The summed E-state index contributed by atoms with van der Waals surface area (Å²) < 4.78 is 5.62. The predicted octanol–water partition coefficient (Wildman–Crippen LogP) is 5.37. The molecule has 0 saturated carbocycles. The molecule has 0 spiro atoms. The van der Waals surface area contributed by atoms with Gasteiger partial charge in [-0.05, 0) is 30.7 Å². The number of pyridine rings is 1. The van der Waals surface area contributed by atoms with Crippen LogP contribution in [0.3, 0.4) is 0 Å². The molecule has 0 atom stereocenters. The van der Waals surface area contributed by atoms with Gasteiger partial charge in [-0.15, -0.1) is 0 Å². The molecule has 112 valence electrons. The molecular formula is C21H17NO. The van der Waals surface area contributed by atoms with Gasteiger partial charge in [0.2, 0.25) is 0 Å². The zero-order valence-corrected chi connectivity index (χ0v) is 13.2. The standard InChI is InChI=1S/C21H17NO/c1-14-10-12-15(13-11-14)20-16-6-3-4-7-17(16)22-18-8-5-9-19(23-2)21(18)20/h3-13H,1-2H3. The molecule has 0 unspecified atom stereocenters.